The first-order valence-corrected chi connectivity index (χ1v) is 8.01. The molecule has 1 aromatic carbocycles. The van der Waals surface area contributed by atoms with Gasteiger partial charge in [0.25, 0.3) is 0 Å². The number of rotatable bonds is 2. The van der Waals surface area contributed by atoms with Crippen LogP contribution in [0.3, 0.4) is 0 Å². The van der Waals surface area contributed by atoms with Crippen molar-refractivity contribution in [3.63, 3.8) is 0 Å². The van der Waals surface area contributed by atoms with Crippen molar-refractivity contribution >= 4 is 5.91 Å². The maximum atomic E-state index is 12.5. The molecule has 0 unspecified atom stereocenters. The van der Waals surface area contributed by atoms with Crippen molar-refractivity contribution in [2.45, 2.75) is 43.9 Å². The van der Waals surface area contributed by atoms with Gasteiger partial charge in [-0.2, -0.15) is 5.26 Å². The van der Waals surface area contributed by atoms with Gasteiger partial charge in [0, 0.05) is 19.0 Å². The molecule has 3 nitrogen and oxygen atoms in total. The minimum Gasteiger partial charge on any atom is -0.342 e. The second-order valence-corrected chi connectivity index (χ2v) is 6.37. The number of nitrogens with zero attached hydrogens (tertiary/aromatic N) is 2. The lowest BCUT2D eigenvalue weighted by Crippen LogP contribution is -2.46. The number of hydrogen-bond acceptors (Lipinski definition) is 2. The normalized spacial score (nSPS) is 22.0. The highest BCUT2D eigenvalue weighted by atomic mass is 16.2. The van der Waals surface area contributed by atoms with Crippen LogP contribution in [-0.2, 0) is 10.2 Å². The number of nitriles is 1. The van der Waals surface area contributed by atoms with E-state index >= 15 is 0 Å². The molecule has 0 atom stereocenters. The van der Waals surface area contributed by atoms with Crippen molar-refractivity contribution in [2.75, 3.05) is 13.1 Å². The zero-order valence-electron chi connectivity index (χ0n) is 12.4. The third kappa shape index (κ3) is 2.68. The van der Waals surface area contributed by atoms with E-state index in [1.807, 2.05) is 35.2 Å². The van der Waals surface area contributed by atoms with Gasteiger partial charge in [0.15, 0.2) is 0 Å². The fourth-order valence-corrected chi connectivity index (χ4v) is 3.76. The lowest BCUT2D eigenvalue weighted by Gasteiger charge is -2.38. The molecule has 0 bridgehead atoms. The summed E-state index contributed by atoms with van der Waals surface area (Å²) in [6, 6.07) is 12.6. The van der Waals surface area contributed by atoms with E-state index in [0.29, 0.717) is 5.91 Å². The molecule has 1 heterocycles. The Hall–Kier alpha value is -1.82. The monoisotopic (exact) mass is 282 g/mol. The van der Waals surface area contributed by atoms with Crippen LogP contribution >= 0.6 is 0 Å². The average Bonchev–Trinajstić information content (AvgIpc) is 3.09. The van der Waals surface area contributed by atoms with E-state index in [4.69, 9.17) is 0 Å². The number of piperidine rings is 1. The first kappa shape index (κ1) is 14.1. The molecule has 110 valence electrons. The molecule has 3 heteroatoms. The van der Waals surface area contributed by atoms with E-state index in [9.17, 15) is 10.1 Å². The summed E-state index contributed by atoms with van der Waals surface area (Å²) >= 11 is 0. The third-order valence-corrected chi connectivity index (χ3v) is 5.17. The Morgan fingerprint density at radius 2 is 1.76 bits per heavy atom. The van der Waals surface area contributed by atoms with E-state index in [1.165, 1.54) is 12.8 Å². The number of likely N-dealkylation sites (tertiary alicyclic amines) is 1. The Morgan fingerprint density at radius 3 is 2.33 bits per heavy atom. The van der Waals surface area contributed by atoms with Crippen LogP contribution in [0.5, 0.6) is 0 Å². The quantitative estimate of drug-likeness (QED) is 0.835. The van der Waals surface area contributed by atoms with E-state index in [2.05, 4.69) is 6.07 Å². The van der Waals surface area contributed by atoms with Gasteiger partial charge in [0.05, 0.1) is 11.5 Å². The van der Waals surface area contributed by atoms with E-state index in [-0.39, 0.29) is 5.92 Å². The van der Waals surface area contributed by atoms with Gasteiger partial charge in [-0.25, -0.2) is 0 Å². The Morgan fingerprint density at radius 1 is 1.14 bits per heavy atom. The Kier molecular flexibility index (Phi) is 3.96. The number of hydrogen-bond donors (Lipinski definition) is 0. The van der Waals surface area contributed by atoms with Crippen molar-refractivity contribution < 1.29 is 4.79 Å². The molecule has 0 spiro atoms. The second-order valence-electron chi connectivity index (χ2n) is 6.37. The van der Waals surface area contributed by atoms with Gasteiger partial charge in [-0.15, -0.1) is 0 Å². The first-order chi connectivity index (χ1) is 10.2. The largest absolute Gasteiger partial charge is 0.342 e. The molecule has 1 saturated heterocycles. The average molecular weight is 282 g/mol. The molecule has 1 aliphatic heterocycles. The number of amides is 1. The zero-order valence-corrected chi connectivity index (χ0v) is 12.4. The molecule has 1 saturated carbocycles. The number of benzene rings is 1. The molecular weight excluding hydrogens is 260 g/mol. The smallest absolute Gasteiger partial charge is 0.225 e. The molecule has 0 N–H and O–H groups in total. The molecule has 21 heavy (non-hydrogen) atoms. The van der Waals surface area contributed by atoms with Crippen LogP contribution in [0.4, 0.5) is 0 Å². The van der Waals surface area contributed by atoms with Crippen molar-refractivity contribution in [3.05, 3.63) is 35.9 Å². The van der Waals surface area contributed by atoms with Crippen LogP contribution in [0.2, 0.25) is 0 Å². The van der Waals surface area contributed by atoms with Gasteiger partial charge in [-0.3, -0.25) is 4.79 Å². The molecule has 0 radical (unpaired) electrons. The number of carbonyl (C=O) groups is 1. The van der Waals surface area contributed by atoms with Gasteiger partial charge < -0.3 is 4.90 Å². The fourth-order valence-electron chi connectivity index (χ4n) is 3.76. The lowest BCUT2D eigenvalue weighted by atomic mass is 9.74. The highest BCUT2D eigenvalue weighted by molar-refractivity contribution is 5.79. The first-order valence-electron chi connectivity index (χ1n) is 8.01. The van der Waals surface area contributed by atoms with Gasteiger partial charge in [0.1, 0.15) is 0 Å². The summed E-state index contributed by atoms with van der Waals surface area (Å²) in [5.41, 5.74) is 0.689. The maximum absolute atomic E-state index is 12.5. The molecule has 0 aromatic heterocycles. The summed E-state index contributed by atoms with van der Waals surface area (Å²) < 4.78 is 0. The van der Waals surface area contributed by atoms with Gasteiger partial charge >= 0.3 is 0 Å². The highest BCUT2D eigenvalue weighted by Gasteiger charge is 2.39. The van der Waals surface area contributed by atoms with Crippen LogP contribution in [0, 0.1) is 17.2 Å². The minimum absolute atomic E-state index is 0.247. The van der Waals surface area contributed by atoms with Crippen molar-refractivity contribution in [1.29, 1.82) is 5.26 Å². The molecule has 3 rings (SSSR count). The van der Waals surface area contributed by atoms with E-state index in [0.717, 1.165) is 44.3 Å². The minimum atomic E-state index is -0.409. The summed E-state index contributed by atoms with van der Waals surface area (Å²) in [5, 5.41) is 9.68. The predicted octanol–water partition coefficient (Wildman–Crippen LogP) is 3.26. The molecule has 1 amide bonds. The Balaban J connectivity index is 1.69. The van der Waals surface area contributed by atoms with Gasteiger partial charge in [-0.05, 0) is 31.2 Å². The summed E-state index contributed by atoms with van der Waals surface area (Å²) in [6.45, 7) is 1.44. The van der Waals surface area contributed by atoms with Crippen LogP contribution in [-0.4, -0.2) is 23.9 Å². The van der Waals surface area contributed by atoms with Crippen molar-refractivity contribution in [1.82, 2.24) is 4.90 Å². The predicted molar refractivity (Wildman–Crippen MR) is 81.5 cm³/mol. The van der Waals surface area contributed by atoms with E-state index < -0.39 is 5.41 Å². The van der Waals surface area contributed by atoms with Gasteiger partial charge in [0.2, 0.25) is 5.91 Å². The Labute approximate surface area is 126 Å². The maximum Gasteiger partial charge on any atom is 0.225 e. The molecular formula is C18H22N2O. The standard InChI is InChI=1S/C18H22N2O/c19-14-18(16-8-2-1-3-9-16)10-12-20(13-11-18)17(21)15-6-4-5-7-15/h1-3,8-9,15H,4-7,10-13H2. The van der Waals surface area contributed by atoms with E-state index in [1.54, 1.807) is 0 Å². The van der Waals surface area contributed by atoms with Gasteiger partial charge in [-0.1, -0.05) is 43.2 Å². The second kappa shape index (κ2) is 5.89. The summed E-state index contributed by atoms with van der Waals surface area (Å²) in [5.74, 6) is 0.573. The lowest BCUT2D eigenvalue weighted by molar-refractivity contribution is -0.136. The number of carbonyl (C=O) groups excluding carboxylic acids is 1. The van der Waals surface area contributed by atoms with Crippen molar-refractivity contribution in [3.8, 4) is 6.07 Å². The summed E-state index contributed by atoms with van der Waals surface area (Å²) in [7, 11) is 0. The zero-order chi connectivity index (χ0) is 14.7. The third-order valence-electron chi connectivity index (χ3n) is 5.17. The Bertz CT molecular complexity index is 532. The molecule has 2 fully saturated rings. The molecule has 1 aromatic rings. The van der Waals surface area contributed by atoms with Crippen LogP contribution in [0.1, 0.15) is 44.1 Å². The highest BCUT2D eigenvalue weighted by Crippen LogP contribution is 2.36. The SMILES string of the molecule is N#CC1(c2ccccc2)CCN(C(=O)C2CCCC2)CC1. The van der Waals surface area contributed by atoms with Crippen LogP contribution in [0.25, 0.3) is 0 Å². The van der Waals surface area contributed by atoms with Crippen molar-refractivity contribution in [2.24, 2.45) is 5.92 Å². The van der Waals surface area contributed by atoms with Crippen LogP contribution in [0.15, 0.2) is 30.3 Å². The fraction of sp³-hybridized carbons (Fsp3) is 0.556. The summed E-state index contributed by atoms with van der Waals surface area (Å²) in [4.78, 5) is 14.5. The van der Waals surface area contributed by atoms with Crippen LogP contribution < -0.4 is 0 Å². The summed E-state index contributed by atoms with van der Waals surface area (Å²) in [6.07, 6.45) is 6.00. The molecule has 2 aliphatic rings. The molecule has 1 aliphatic carbocycles. The topological polar surface area (TPSA) is 44.1 Å².